The van der Waals surface area contributed by atoms with E-state index in [1.807, 2.05) is 91.0 Å². The molecular formula is C25H24N2O2. The van der Waals surface area contributed by atoms with Gasteiger partial charge in [-0.3, -0.25) is 9.59 Å². The lowest BCUT2D eigenvalue weighted by molar-refractivity contribution is -0.150. The molecule has 3 aromatic rings. The third-order valence-corrected chi connectivity index (χ3v) is 5.33. The van der Waals surface area contributed by atoms with E-state index in [0.29, 0.717) is 19.4 Å². The number of piperazine rings is 1. The van der Waals surface area contributed by atoms with Crippen LogP contribution in [0.3, 0.4) is 0 Å². The van der Waals surface area contributed by atoms with Crippen LogP contribution in [0, 0.1) is 0 Å². The molecule has 1 aliphatic rings. The summed E-state index contributed by atoms with van der Waals surface area (Å²) in [5.41, 5.74) is 3.10. The van der Waals surface area contributed by atoms with Crippen LogP contribution >= 0.6 is 0 Å². The van der Waals surface area contributed by atoms with E-state index in [9.17, 15) is 9.59 Å². The molecule has 3 aromatic carbocycles. The van der Waals surface area contributed by atoms with Crippen molar-refractivity contribution in [3.8, 4) is 0 Å². The molecule has 0 aliphatic carbocycles. The molecule has 1 fully saturated rings. The van der Waals surface area contributed by atoms with Crippen LogP contribution < -0.4 is 5.32 Å². The molecule has 4 heteroatoms. The van der Waals surface area contributed by atoms with Crippen LogP contribution in [-0.2, 0) is 29.0 Å². The van der Waals surface area contributed by atoms with Crippen LogP contribution in [0.15, 0.2) is 91.0 Å². The molecule has 1 aliphatic heterocycles. The fourth-order valence-corrected chi connectivity index (χ4v) is 3.82. The minimum atomic E-state index is -0.541. The molecule has 2 amide bonds. The van der Waals surface area contributed by atoms with E-state index in [-0.39, 0.29) is 11.8 Å². The van der Waals surface area contributed by atoms with Crippen LogP contribution in [0.5, 0.6) is 0 Å². The predicted molar refractivity (Wildman–Crippen MR) is 113 cm³/mol. The van der Waals surface area contributed by atoms with E-state index < -0.39 is 12.1 Å². The Kier molecular flexibility index (Phi) is 5.71. The summed E-state index contributed by atoms with van der Waals surface area (Å²) in [6.07, 6.45) is 0.998. The van der Waals surface area contributed by atoms with Crippen molar-refractivity contribution in [2.45, 2.75) is 31.5 Å². The van der Waals surface area contributed by atoms with Crippen molar-refractivity contribution in [1.29, 1.82) is 0 Å². The Balaban J connectivity index is 1.60. The van der Waals surface area contributed by atoms with Crippen molar-refractivity contribution in [3.05, 3.63) is 108 Å². The van der Waals surface area contributed by atoms with Crippen molar-refractivity contribution in [1.82, 2.24) is 10.2 Å². The number of hydrogen-bond acceptors (Lipinski definition) is 2. The number of hydrogen-bond donors (Lipinski definition) is 1. The molecule has 2 atom stereocenters. The molecule has 2 unspecified atom stereocenters. The van der Waals surface area contributed by atoms with E-state index in [0.717, 1.165) is 16.7 Å². The second-order valence-corrected chi connectivity index (χ2v) is 7.41. The quantitative estimate of drug-likeness (QED) is 0.708. The third kappa shape index (κ3) is 4.54. The van der Waals surface area contributed by atoms with Gasteiger partial charge in [-0.1, -0.05) is 91.0 Å². The highest BCUT2D eigenvalue weighted by Gasteiger charge is 2.40. The van der Waals surface area contributed by atoms with Crippen LogP contribution in [0.25, 0.3) is 0 Å². The average Bonchev–Trinajstić information content (AvgIpc) is 2.76. The van der Waals surface area contributed by atoms with Gasteiger partial charge in [0.2, 0.25) is 11.8 Å². The molecule has 1 N–H and O–H groups in total. The standard InChI is InChI=1S/C25H24N2O2/c28-24-23(17-20-12-6-2-7-13-20)27(18-21-14-8-3-9-15-21)25(29)22(26-24)16-19-10-4-1-5-11-19/h1-15,22-23H,16-18H2,(H,26,28). The summed E-state index contributed by atoms with van der Waals surface area (Å²) in [4.78, 5) is 28.2. The van der Waals surface area contributed by atoms with E-state index in [1.54, 1.807) is 4.90 Å². The molecule has 0 aromatic heterocycles. The highest BCUT2D eigenvalue weighted by molar-refractivity contribution is 5.97. The van der Waals surface area contributed by atoms with Crippen molar-refractivity contribution in [2.24, 2.45) is 0 Å². The Hall–Kier alpha value is -3.40. The van der Waals surface area contributed by atoms with Gasteiger partial charge in [0.15, 0.2) is 0 Å². The van der Waals surface area contributed by atoms with Gasteiger partial charge in [-0.05, 0) is 16.7 Å². The maximum atomic E-state index is 13.4. The fourth-order valence-electron chi connectivity index (χ4n) is 3.82. The molecule has 0 spiro atoms. The molecular weight excluding hydrogens is 360 g/mol. The second kappa shape index (κ2) is 8.74. The van der Waals surface area contributed by atoms with Crippen LogP contribution in [0.1, 0.15) is 16.7 Å². The zero-order valence-electron chi connectivity index (χ0n) is 16.2. The summed E-state index contributed by atoms with van der Waals surface area (Å²) in [6.45, 7) is 0.426. The van der Waals surface area contributed by atoms with E-state index >= 15 is 0 Å². The van der Waals surface area contributed by atoms with Crippen LogP contribution in [0.2, 0.25) is 0 Å². The van der Waals surface area contributed by atoms with Crippen molar-refractivity contribution < 1.29 is 9.59 Å². The SMILES string of the molecule is O=C1NC(Cc2ccccc2)C(=O)N(Cc2ccccc2)C1Cc1ccccc1. The van der Waals surface area contributed by atoms with Gasteiger partial charge in [0.25, 0.3) is 0 Å². The van der Waals surface area contributed by atoms with Crippen molar-refractivity contribution in [3.63, 3.8) is 0 Å². The van der Waals surface area contributed by atoms with Gasteiger partial charge < -0.3 is 10.2 Å². The Bertz CT molecular complexity index is 958. The number of benzene rings is 3. The van der Waals surface area contributed by atoms with Crippen molar-refractivity contribution in [2.75, 3.05) is 0 Å². The first kappa shape index (κ1) is 18.9. The molecule has 146 valence electrons. The highest BCUT2D eigenvalue weighted by Crippen LogP contribution is 2.20. The van der Waals surface area contributed by atoms with Gasteiger partial charge in [-0.25, -0.2) is 0 Å². The Labute approximate surface area is 171 Å². The Morgan fingerprint density at radius 3 is 1.69 bits per heavy atom. The van der Waals surface area contributed by atoms with E-state index in [4.69, 9.17) is 0 Å². The first-order chi connectivity index (χ1) is 14.2. The Morgan fingerprint density at radius 1 is 0.655 bits per heavy atom. The minimum absolute atomic E-state index is 0.0294. The van der Waals surface area contributed by atoms with Gasteiger partial charge in [0.05, 0.1) is 0 Å². The number of carbonyl (C=O) groups excluding carboxylic acids is 2. The van der Waals surface area contributed by atoms with Crippen LogP contribution in [0.4, 0.5) is 0 Å². The molecule has 0 saturated carbocycles. The number of carbonyl (C=O) groups is 2. The normalized spacial score (nSPS) is 19.1. The number of nitrogens with zero attached hydrogens (tertiary/aromatic N) is 1. The van der Waals surface area contributed by atoms with Crippen molar-refractivity contribution >= 4 is 11.8 Å². The molecule has 1 saturated heterocycles. The topological polar surface area (TPSA) is 49.4 Å². The molecule has 29 heavy (non-hydrogen) atoms. The lowest BCUT2D eigenvalue weighted by Crippen LogP contribution is -2.64. The average molecular weight is 384 g/mol. The first-order valence-electron chi connectivity index (χ1n) is 9.93. The van der Waals surface area contributed by atoms with Gasteiger partial charge in [-0.2, -0.15) is 0 Å². The summed E-state index contributed by atoms with van der Waals surface area (Å²) in [5.74, 6) is -0.122. The number of rotatable bonds is 6. The maximum Gasteiger partial charge on any atom is 0.246 e. The van der Waals surface area contributed by atoms with E-state index in [1.165, 1.54) is 0 Å². The summed E-state index contributed by atoms with van der Waals surface area (Å²) in [5, 5.41) is 2.97. The fraction of sp³-hybridized carbons (Fsp3) is 0.200. The largest absolute Gasteiger partial charge is 0.342 e. The zero-order valence-corrected chi connectivity index (χ0v) is 16.2. The van der Waals surface area contributed by atoms with Gasteiger partial charge in [0, 0.05) is 19.4 Å². The molecule has 0 bridgehead atoms. The third-order valence-electron chi connectivity index (χ3n) is 5.33. The molecule has 1 heterocycles. The highest BCUT2D eigenvalue weighted by atomic mass is 16.2. The van der Waals surface area contributed by atoms with Gasteiger partial charge >= 0.3 is 0 Å². The van der Waals surface area contributed by atoms with Gasteiger partial charge in [-0.15, -0.1) is 0 Å². The molecule has 0 radical (unpaired) electrons. The summed E-state index contributed by atoms with van der Waals surface area (Å²) in [7, 11) is 0. The van der Waals surface area contributed by atoms with Crippen LogP contribution in [-0.4, -0.2) is 28.8 Å². The summed E-state index contributed by atoms with van der Waals surface area (Å²) >= 11 is 0. The monoisotopic (exact) mass is 384 g/mol. The number of amides is 2. The maximum absolute atomic E-state index is 13.4. The summed E-state index contributed by atoms with van der Waals surface area (Å²) < 4.78 is 0. The lowest BCUT2D eigenvalue weighted by Gasteiger charge is -2.39. The van der Waals surface area contributed by atoms with Gasteiger partial charge in [0.1, 0.15) is 12.1 Å². The smallest absolute Gasteiger partial charge is 0.246 e. The first-order valence-corrected chi connectivity index (χ1v) is 9.93. The summed E-state index contributed by atoms with van der Waals surface area (Å²) in [6, 6.07) is 28.5. The second-order valence-electron chi connectivity index (χ2n) is 7.41. The number of nitrogens with one attached hydrogen (secondary N) is 1. The van der Waals surface area contributed by atoms with E-state index in [2.05, 4.69) is 5.32 Å². The predicted octanol–water partition coefficient (Wildman–Crippen LogP) is 3.37. The Morgan fingerprint density at radius 2 is 1.14 bits per heavy atom. The lowest BCUT2D eigenvalue weighted by atomic mass is 9.96. The zero-order chi connectivity index (χ0) is 20.1. The molecule has 4 nitrogen and oxygen atoms in total. The minimum Gasteiger partial charge on any atom is -0.342 e. The molecule has 4 rings (SSSR count).